The molecule has 1 aromatic rings. The molecule has 2 aliphatic rings. The van der Waals surface area contributed by atoms with Gasteiger partial charge in [-0.1, -0.05) is 0 Å². The molecule has 146 valence electrons. The fraction of sp³-hybridized carbons (Fsp3) is 0.750. The molecule has 6 heteroatoms. The topological polar surface area (TPSA) is 56.0 Å². The van der Waals surface area contributed by atoms with Crippen LogP contribution in [0.4, 0.5) is 0 Å². The highest BCUT2D eigenvalue weighted by Gasteiger charge is 2.25. The van der Waals surface area contributed by atoms with Crippen molar-refractivity contribution in [2.45, 2.75) is 44.6 Å². The van der Waals surface area contributed by atoms with Crippen molar-refractivity contribution in [2.24, 2.45) is 4.99 Å². The molecule has 2 fully saturated rings. The Morgan fingerprint density at radius 2 is 1.88 bits per heavy atom. The summed E-state index contributed by atoms with van der Waals surface area (Å²) in [7, 11) is 1.84. The van der Waals surface area contributed by atoms with Crippen molar-refractivity contribution in [2.75, 3.05) is 52.9 Å². The second kappa shape index (κ2) is 10.6. The SMILES string of the molecule is CN=C(NCCCCN1CCCC1)NCC(c1ccco1)N1CCCC1. The number of guanidine groups is 1. The van der Waals surface area contributed by atoms with E-state index in [1.807, 2.05) is 13.1 Å². The smallest absolute Gasteiger partial charge is 0.191 e. The zero-order valence-electron chi connectivity index (χ0n) is 16.3. The van der Waals surface area contributed by atoms with Crippen molar-refractivity contribution in [3.63, 3.8) is 0 Å². The molecule has 6 nitrogen and oxygen atoms in total. The van der Waals surface area contributed by atoms with Gasteiger partial charge >= 0.3 is 0 Å². The van der Waals surface area contributed by atoms with Crippen molar-refractivity contribution in [3.8, 4) is 0 Å². The molecule has 2 saturated heterocycles. The monoisotopic (exact) mass is 361 g/mol. The lowest BCUT2D eigenvalue weighted by Gasteiger charge is -2.26. The van der Waals surface area contributed by atoms with Crippen LogP contribution < -0.4 is 10.6 Å². The summed E-state index contributed by atoms with van der Waals surface area (Å²) in [5.41, 5.74) is 0. The van der Waals surface area contributed by atoms with Crippen LogP contribution in [0.2, 0.25) is 0 Å². The van der Waals surface area contributed by atoms with Gasteiger partial charge in [-0.3, -0.25) is 9.89 Å². The molecule has 0 amide bonds. The van der Waals surface area contributed by atoms with Crippen LogP contribution >= 0.6 is 0 Å². The van der Waals surface area contributed by atoms with Crippen LogP contribution in [0.5, 0.6) is 0 Å². The predicted molar refractivity (Wildman–Crippen MR) is 107 cm³/mol. The van der Waals surface area contributed by atoms with Crippen LogP contribution in [0.25, 0.3) is 0 Å². The Bertz CT molecular complexity index is 518. The molecule has 3 rings (SSSR count). The lowest BCUT2D eigenvalue weighted by atomic mass is 10.2. The lowest BCUT2D eigenvalue weighted by molar-refractivity contribution is 0.215. The highest BCUT2D eigenvalue weighted by atomic mass is 16.3. The van der Waals surface area contributed by atoms with Gasteiger partial charge in [0.15, 0.2) is 5.96 Å². The van der Waals surface area contributed by atoms with Crippen LogP contribution in [-0.4, -0.2) is 68.6 Å². The fourth-order valence-electron chi connectivity index (χ4n) is 4.03. The Morgan fingerprint density at radius 3 is 2.58 bits per heavy atom. The molecule has 0 bridgehead atoms. The molecule has 0 aromatic carbocycles. The second-order valence-electron chi connectivity index (χ2n) is 7.41. The quantitative estimate of drug-likeness (QED) is 0.402. The summed E-state index contributed by atoms with van der Waals surface area (Å²) in [5.74, 6) is 1.93. The Balaban J connectivity index is 1.37. The molecule has 3 heterocycles. The minimum Gasteiger partial charge on any atom is -0.468 e. The van der Waals surface area contributed by atoms with Gasteiger partial charge in [0.1, 0.15) is 5.76 Å². The molecule has 0 saturated carbocycles. The van der Waals surface area contributed by atoms with Crippen LogP contribution in [0, 0.1) is 0 Å². The van der Waals surface area contributed by atoms with Gasteiger partial charge in [0.05, 0.1) is 12.3 Å². The summed E-state index contributed by atoms with van der Waals surface area (Å²) in [4.78, 5) is 9.47. The summed E-state index contributed by atoms with van der Waals surface area (Å²) in [6, 6.07) is 4.34. The van der Waals surface area contributed by atoms with Gasteiger partial charge in [-0.15, -0.1) is 0 Å². The van der Waals surface area contributed by atoms with Gasteiger partial charge in [0.25, 0.3) is 0 Å². The van der Waals surface area contributed by atoms with E-state index in [9.17, 15) is 0 Å². The van der Waals surface area contributed by atoms with Crippen molar-refractivity contribution in [3.05, 3.63) is 24.2 Å². The van der Waals surface area contributed by atoms with Crippen molar-refractivity contribution in [1.29, 1.82) is 0 Å². The standard InChI is InChI=1S/C20H35N5O/c1-21-20(22-10-2-3-11-24-12-4-5-13-24)23-17-18(19-9-8-16-26-19)25-14-6-7-15-25/h8-9,16,18H,2-7,10-15,17H2,1H3,(H2,21,22,23). The number of furan rings is 1. The largest absolute Gasteiger partial charge is 0.468 e. The molecule has 0 radical (unpaired) electrons. The molecular formula is C20H35N5O. The van der Waals surface area contributed by atoms with Crippen LogP contribution in [0.1, 0.15) is 50.3 Å². The zero-order valence-corrected chi connectivity index (χ0v) is 16.3. The van der Waals surface area contributed by atoms with Crippen LogP contribution in [0.3, 0.4) is 0 Å². The Kier molecular flexibility index (Phi) is 7.83. The Hall–Kier alpha value is -1.53. The summed E-state index contributed by atoms with van der Waals surface area (Å²) in [6.07, 6.45) is 9.53. The average molecular weight is 362 g/mol. The maximum absolute atomic E-state index is 5.69. The predicted octanol–water partition coefficient (Wildman–Crippen LogP) is 2.46. The third-order valence-corrected chi connectivity index (χ3v) is 5.53. The molecule has 1 atom stereocenters. The molecular weight excluding hydrogens is 326 g/mol. The van der Waals surface area contributed by atoms with Gasteiger partial charge in [-0.25, -0.2) is 0 Å². The third-order valence-electron chi connectivity index (χ3n) is 5.53. The van der Waals surface area contributed by atoms with Crippen LogP contribution in [-0.2, 0) is 0 Å². The minimum absolute atomic E-state index is 0.279. The summed E-state index contributed by atoms with van der Waals surface area (Å²) in [5, 5.41) is 6.95. The number of nitrogens with one attached hydrogen (secondary N) is 2. The number of nitrogens with zero attached hydrogens (tertiary/aromatic N) is 3. The fourth-order valence-corrected chi connectivity index (χ4v) is 4.03. The van der Waals surface area contributed by atoms with E-state index < -0.39 is 0 Å². The first-order chi connectivity index (χ1) is 12.9. The molecule has 0 spiro atoms. The summed E-state index contributed by atoms with van der Waals surface area (Å²) >= 11 is 0. The van der Waals surface area contributed by atoms with Gasteiger partial charge in [0, 0.05) is 20.1 Å². The second-order valence-corrected chi connectivity index (χ2v) is 7.41. The number of hydrogen-bond acceptors (Lipinski definition) is 4. The molecule has 2 aliphatic heterocycles. The van der Waals surface area contributed by atoms with E-state index in [2.05, 4.69) is 31.5 Å². The van der Waals surface area contributed by atoms with Gasteiger partial charge in [-0.05, 0) is 83.4 Å². The van der Waals surface area contributed by atoms with E-state index in [4.69, 9.17) is 4.42 Å². The molecule has 1 aromatic heterocycles. The van der Waals surface area contributed by atoms with E-state index >= 15 is 0 Å². The number of rotatable bonds is 9. The maximum Gasteiger partial charge on any atom is 0.191 e. The van der Waals surface area contributed by atoms with Crippen molar-refractivity contribution in [1.82, 2.24) is 20.4 Å². The molecule has 2 N–H and O–H groups in total. The van der Waals surface area contributed by atoms with E-state index in [0.29, 0.717) is 0 Å². The maximum atomic E-state index is 5.69. The zero-order chi connectivity index (χ0) is 18.0. The molecule has 26 heavy (non-hydrogen) atoms. The van der Waals surface area contributed by atoms with E-state index in [1.165, 1.54) is 58.2 Å². The minimum atomic E-state index is 0.279. The number of unbranched alkanes of at least 4 members (excludes halogenated alkanes) is 1. The molecule has 0 aliphatic carbocycles. The summed E-state index contributed by atoms with van der Waals surface area (Å²) < 4.78 is 5.69. The van der Waals surface area contributed by atoms with E-state index in [-0.39, 0.29) is 6.04 Å². The number of hydrogen-bond donors (Lipinski definition) is 2. The van der Waals surface area contributed by atoms with E-state index in [0.717, 1.165) is 37.9 Å². The van der Waals surface area contributed by atoms with E-state index in [1.54, 1.807) is 6.26 Å². The molecule has 1 unspecified atom stereocenters. The third kappa shape index (κ3) is 5.74. The first-order valence-electron chi connectivity index (χ1n) is 10.3. The first-order valence-corrected chi connectivity index (χ1v) is 10.3. The number of aliphatic imine (C=N–C) groups is 1. The summed E-state index contributed by atoms with van der Waals surface area (Å²) in [6.45, 7) is 7.92. The highest BCUT2D eigenvalue weighted by molar-refractivity contribution is 5.79. The average Bonchev–Trinajstić information content (AvgIpc) is 3.43. The van der Waals surface area contributed by atoms with Crippen molar-refractivity contribution >= 4 is 5.96 Å². The van der Waals surface area contributed by atoms with Gasteiger partial charge < -0.3 is 20.0 Å². The Morgan fingerprint density at radius 1 is 1.12 bits per heavy atom. The van der Waals surface area contributed by atoms with Crippen molar-refractivity contribution < 1.29 is 4.42 Å². The lowest BCUT2D eigenvalue weighted by Crippen LogP contribution is -2.43. The van der Waals surface area contributed by atoms with Gasteiger partial charge in [-0.2, -0.15) is 0 Å². The normalized spacial score (nSPS) is 20.6. The Labute approximate surface area is 158 Å². The number of likely N-dealkylation sites (tertiary alicyclic amines) is 2. The first kappa shape index (κ1) is 19.2. The van der Waals surface area contributed by atoms with Gasteiger partial charge in [0.2, 0.25) is 0 Å². The van der Waals surface area contributed by atoms with Crippen LogP contribution in [0.15, 0.2) is 27.8 Å². The highest BCUT2D eigenvalue weighted by Crippen LogP contribution is 2.24.